The Bertz CT molecular complexity index is 473. The van der Waals surface area contributed by atoms with Crippen molar-refractivity contribution in [1.82, 2.24) is 4.57 Å². The van der Waals surface area contributed by atoms with Crippen LogP contribution in [0.4, 0.5) is 0 Å². The van der Waals surface area contributed by atoms with E-state index in [1.807, 2.05) is 6.92 Å². The number of nitrogens with zero attached hydrogens (tertiary/aromatic N) is 1. The molecule has 17 heavy (non-hydrogen) atoms. The lowest BCUT2D eigenvalue weighted by Gasteiger charge is -2.08. The van der Waals surface area contributed by atoms with Crippen LogP contribution in [0.3, 0.4) is 0 Å². The van der Waals surface area contributed by atoms with Gasteiger partial charge in [-0.25, -0.2) is 0 Å². The summed E-state index contributed by atoms with van der Waals surface area (Å²) in [5.74, 6) is 0. The summed E-state index contributed by atoms with van der Waals surface area (Å²) in [6.07, 6.45) is 4.36. The topological polar surface area (TPSA) is 14.2 Å². The van der Waals surface area contributed by atoms with Gasteiger partial charge in [-0.05, 0) is 36.8 Å². The van der Waals surface area contributed by atoms with Gasteiger partial charge in [-0.3, -0.25) is 0 Å². The van der Waals surface area contributed by atoms with Crippen LogP contribution in [0, 0.1) is 0 Å². The fraction of sp³-hybridized carbons (Fsp3) is 0.467. The van der Waals surface area contributed by atoms with Gasteiger partial charge in [-0.15, -0.1) is 0 Å². The van der Waals surface area contributed by atoms with Gasteiger partial charge in [0.05, 0.1) is 5.52 Å². The molecule has 0 saturated heterocycles. The number of fused-ring (bicyclic) bond motifs is 1. The second kappa shape index (κ2) is 5.87. The van der Waals surface area contributed by atoms with Gasteiger partial charge < -0.3 is 9.30 Å². The number of rotatable bonds is 6. The van der Waals surface area contributed by atoms with E-state index < -0.39 is 0 Å². The molecule has 0 saturated carbocycles. The van der Waals surface area contributed by atoms with Gasteiger partial charge in [0.1, 0.15) is 0 Å². The lowest BCUT2D eigenvalue weighted by molar-refractivity contribution is 0.142. The zero-order valence-electron chi connectivity index (χ0n) is 10.8. The maximum atomic E-state index is 5.39. The van der Waals surface area contributed by atoms with E-state index in [9.17, 15) is 0 Å². The van der Waals surface area contributed by atoms with Crippen molar-refractivity contribution in [2.75, 3.05) is 13.2 Å². The van der Waals surface area contributed by atoms with Crippen LogP contribution in [-0.2, 0) is 17.7 Å². The van der Waals surface area contributed by atoms with Crippen molar-refractivity contribution in [3.05, 3.63) is 36.0 Å². The third-order valence-electron chi connectivity index (χ3n) is 3.14. The molecule has 0 fully saturated rings. The molecule has 0 aliphatic rings. The molecule has 0 N–H and O–H groups in total. The Morgan fingerprint density at radius 2 is 2.06 bits per heavy atom. The van der Waals surface area contributed by atoms with Crippen LogP contribution in [0.5, 0.6) is 0 Å². The summed E-state index contributed by atoms with van der Waals surface area (Å²) in [7, 11) is 0. The van der Waals surface area contributed by atoms with Crippen molar-refractivity contribution in [3.8, 4) is 0 Å². The van der Waals surface area contributed by atoms with E-state index in [0.717, 1.165) is 32.6 Å². The van der Waals surface area contributed by atoms with Crippen LogP contribution in [0.1, 0.15) is 25.8 Å². The highest BCUT2D eigenvalue weighted by atomic mass is 16.5. The molecular formula is C15H21NO. The van der Waals surface area contributed by atoms with Crippen molar-refractivity contribution in [3.63, 3.8) is 0 Å². The molecule has 1 aromatic carbocycles. The van der Waals surface area contributed by atoms with Crippen LogP contribution in [0.25, 0.3) is 10.9 Å². The molecule has 0 aliphatic carbocycles. The summed E-state index contributed by atoms with van der Waals surface area (Å²) in [4.78, 5) is 0. The molecule has 2 rings (SSSR count). The Morgan fingerprint density at radius 3 is 2.82 bits per heavy atom. The van der Waals surface area contributed by atoms with Crippen molar-refractivity contribution >= 4 is 10.9 Å². The first-order valence-corrected chi connectivity index (χ1v) is 6.51. The van der Waals surface area contributed by atoms with Crippen LogP contribution in [-0.4, -0.2) is 17.8 Å². The second-order valence-corrected chi connectivity index (χ2v) is 4.27. The number of para-hydroxylation sites is 1. The van der Waals surface area contributed by atoms with E-state index in [4.69, 9.17) is 4.74 Å². The number of benzene rings is 1. The van der Waals surface area contributed by atoms with Crippen LogP contribution in [0.2, 0.25) is 0 Å². The highest BCUT2D eigenvalue weighted by Crippen LogP contribution is 2.21. The smallest absolute Gasteiger partial charge is 0.0512 e. The number of hydrogen-bond donors (Lipinski definition) is 0. The van der Waals surface area contributed by atoms with Crippen LogP contribution >= 0.6 is 0 Å². The Hall–Kier alpha value is -1.28. The molecule has 0 radical (unpaired) electrons. The maximum absolute atomic E-state index is 5.39. The van der Waals surface area contributed by atoms with E-state index in [2.05, 4.69) is 42.0 Å². The van der Waals surface area contributed by atoms with Crippen molar-refractivity contribution < 1.29 is 4.74 Å². The van der Waals surface area contributed by atoms with Crippen LogP contribution in [0.15, 0.2) is 30.5 Å². The molecule has 2 heteroatoms. The molecule has 92 valence electrons. The third-order valence-corrected chi connectivity index (χ3v) is 3.14. The van der Waals surface area contributed by atoms with Gasteiger partial charge in [0.2, 0.25) is 0 Å². The fourth-order valence-corrected chi connectivity index (χ4v) is 2.29. The molecule has 0 unspecified atom stereocenters. The highest BCUT2D eigenvalue weighted by Gasteiger charge is 2.04. The van der Waals surface area contributed by atoms with Gasteiger partial charge >= 0.3 is 0 Å². The van der Waals surface area contributed by atoms with Gasteiger partial charge in [-0.2, -0.15) is 0 Å². The Morgan fingerprint density at radius 1 is 1.18 bits per heavy atom. The molecule has 0 atom stereocenters. The Kier molecular flexibility index (Phi) is 4.21. The molecule has 0 aliphatic heterocycles. The zero-order chi connectivity index (χ0) is 12.1. The first-order valence-electron chi connectivity index (χ1n) is 6.51. The van der Waals surface area contributed by atoms with E-state index in [0.29, 0.717) is 0 Å². The van der Waals surface area contributed by atoms with E-state index >= 15 is 0 Å². The summed E-state index contributed by atoms with van der Waals surface area (Å²) in [5, 5.41) is 1.35. The first kappa shape index (κ1) is 12.2. The quantitative estimate of drug-likeness (QED) is 0.692. The summed E-state index contributed by atoms with van der Waals surface area (Å²) >= 11 is 0. The highest BCUT2D eigenvalue weighted by molar-refractivity contribution is 5.83. The third kappa shape index (κ3) is 2.70. The minimum absolute atomic E-state index is 0.812. The number of aromatic nitrogens is 1. The molecule has 2 nitrogen and oxygen atoms in total. The summed E-state index contributed by atoms with van der Waals surface area (Å²) in [6, 6.07) is 8.76. The van der Waals surface area contributed by atoms with Gasteiger partial charge in [0.25, 0.3) is 0 Å². The predicted octanol–water partition coefficient (Wildman–Crippen LogP) is 3.63. The van der Waals surface area contributed by atoms with E-state index in [-0.39, 0.29) is 0 Å². The van der Waals surface area contributed by atoms with Crippen molar-refractivity contribution in [2.24, 2.45) is 0 Å². The number of aryl methyl sites for hydroxylation is 2. The normalized spacial score (nSPS) is 11.2. The second-order valence-electron chi connectivity index (χ2n) is 4.27. The largest absolute Gasteiger partial charge is 0.382 e. The number of hydrogen-bond acceptors (Lipinski definition) is 1. The summed E-state index contributed by atoms with van der Waals surface area (Å²) in [6.45, 7) is 6.96. The lowest BCUT2D eigenvalue weighted by Crippen LogP contribution is -2.02. The molecule has 1 heterocycles. The van der Waals surface area contributed by atoms with Crippen molar-refractivity contribution in [2.45, 2.75) is 33.2 Å². The summed E-state index contributed by atoms with van der Waals surface area (Å²) < 4.78 is 7.74. The van der Waals surface area contributed by atoms with Gasteiger partial charge in [0.15, 0.2) is 0 Å². The van der Waals surface area contributed by atoms with Crippen molar-refractivity contribution in [1.29, 1.82) is 0 Å². The molecular weight excluding hydrogens is 210 g/mol. The first-order chi connectivity index (χ1) is 8.36. The molecule has 0 spiro atoms. The molecule has 0 amide bonds. The minimum atomic E-state index is 0.812. The number of ether oxygens (including phenoxy) is 1. The average molecular weight is 231 g/mol. The summed E-state index contributed by atoms with van der Waals surface area (Å²) in [5.41, 5.74) is 2.83. The molecule has 2 aromatic rings. The zero-order valence-corrected chi connectivity index (χ0v) is 10.8. The van der Waals surface area contributed by atoms with Gasteiger partial charge in [0, 0.05) is 26.0 Å². The lowest BCUT2D eigenvalue weighted by atomic mass is 10.1. The Labute approximate surface area is 103 Å². The minimum Gasteiger partial charge on any atom is -0.382 e. The fourth-order valence-electron chi connectivity index (χ4n) is 2.29. The predicted molar refractivity (Wildman–Crippen MR) is 72.4 cm³/mol. The SMILES string of the molecule is CCOCCCn1ccc2cccc(CC)c21. The van der Waals surface area contributed by atoms with E-state index in [1.165, 1.54) is 16.5 Å². The van der Waals surface area contributed by atoms with Crippen LogP contribution < -0.4 is 0 Å². The Balaban J connectivity index is 2.16. The average Bonchev–Trinajstić information content (AvgIpc) is 2.78. The maximum Gasteiger partial charge on any atom is 0.0512 e. The monoisotopic (exact) mass is 231 g/mol. The molecule has 0 bridgehead atoms. The standard InChI is InChI=1S/C15H21NO/c1-3-13-7-5-8-14-9-11-16(15(13)14)10-6-12-17-4-2/h5,7-9,11H,3-4,6,10,12H2,1-2H3. The van der Waals surface area contributed by atoms with E-state index in [1.54, 1.807) is 0 Å². The van der Waals surface area contributed by atoms with Gasteiger partial charge in [-0.1, -0.05) is 25.1 Å². The molecule has 1 aromatic heterocycles.